The minimum atomic E-state index is 0.817. The first kappa shape index (κ1) is 10.4. The Hall–Kier alpha value is -1.74. The molecule has 0 N–H and O–H groups in total. The molecule has 2 heterocycles. The molecule has 0 unspecified atom stereocenters. The number of carbonyl (C=O) groups excluding carboxylic acids is 1. The predicted molar refractivity (Wildman–Crippen MR) is 67.2 cm³/mol. The summed E-state index contributed by atoms with van der Waals surface area (Å²) in [4.78, 5) is 18.3. The van der Waals surface area contributed by atoms with E-state index >= 15 is 0 Å². The first-order valence-electron chi connectivity index (χ1n) is 5.84. The van der Waals surface area contributed by atoms with Crippen molar-refractivity contribution >= 4 is 17.2 Å². The van der Waals surface area contributed by atoms with E-state index in [2.05, 4.69) is 16.9 Å². The molecular weight excluding hydrogens is 212 g/mol. The van der Waals surface area contributed by atoms with Gasteiger partial charge in [0.1, 0.15) is 0 Å². The van der Waals surface area contributed by atoms with Crippen LogP contribution in [0.5, 0.6) is 0 Å². The number of fused-ring (bicyclic) bond motifs is 2. The van der Waals surface area contributed by atoms with Gasteiger partial charge in [-0.1, -0.05) is 18.2 Å². The number of hydrogen-bond acceptors (Lipinski definition) is 3. The van der Waals surface area contributed by atoms with Gasteiger partial charge in [-0.3, -0.25) is 9.78 Å². The van der Waals surface area contributed by atoms with Crippen molar-refractivity contribution in [1.82, 2.24) is 9.88 Å². The Balaban J connectivity index is 2.33. The number of para-hydroxylation sites is 1. The topological polar surface area (TPSA) is 33.2 Å². The van der Waals surface area contributed by atoms with Gasteiger partial charge in [0.2, 0.25) is 0 Å². The SMILES string of the molecule is CN1CCc2nc3ccccc3c(C=O)c2C1. The van der Waals surface area contributed by atoms with Crippen molar-refractivity contribution in [3.05, 3.63) is 41.1 Å². The van der Waals surface area contributed by atoms with Gasteiger partial charge in [-0.2, -0.15) is 0 Å². The molecule has 3 heteroatoms. The predicted octanol–water partition coefficient (Wildman–Crippen LogP) is 2.04. The number of rotatable bonds is 1. The van der Waals surface area contributed by atoms with Gasteiger partial charge >= 0.3 is 0 Å². The van der Waals surface area contributed by atoms with Crippen LogP contribution < -0.4 is 0 Å². The Kier molecular flexibility index (Phi) is 2.41. The fraction of sp³-hybridized carbons (Fsp3) is 0.286. The molecule has 0 aliphatic carbocycles. The van der Waals surface area contributed by atoms with Crippen molar-refractivity contribution in [3.63, 3.8) is 0 Å². The van der Waals surface area contributed by atoms with E-state index in [1.165, 1.54) is 0 Å². The van der Waals surface area contributed by atoms with Gasteiger partial charge in [-0.05, 0) is 18.7 Å². The highest BCUT2D eigenvalue weighted by molar-refractivity contribution is 5.98. The smallest absolute Gasteiger partial charge is 0.151 e. The van der Waals surface area contributed by atoms with Crippen LogP contribution in [0.1, 0.15) is 21.6 Å². The highest BCUT2D eigenvalue weighted by Crippen LogP contribution is 2.26. The second-order valence-corrected chi connectivity index (χ2v) is 4.57. The standard InChI is InChI=1S/C14H14N2O/c1-16-7-6-14-11(8-16)12(9-17)10-4-2-3-5-13(10)15-14/h2-5,9H,6-8H2,1H3. The van der Waals surface area contributed by atoms with Crippen LogP contribution in [0.15, 0.2) is 24.3 Å². The molecule has 0 spiro atoms. The van der Waals surface area contributed by atoms with E-state index in [1.807, 2.05) is 24.3 Å². The van der Waals surface area contributed by atoms with E-state index in [0.29, 0.717) is 0 Å². The molecule has 86 valence electrons. The van der Waals surface area contributed by atoms with Crippen molar-refractivity contribution in [1.29, 1.82) is 0 Å². The number of aldehydes is 1. The van der Waals surface area contributed by atoms with E-state index < -0.39 is 0 Å². The minimum absolute atomic E-state index is 0.817. The lowest BCUT2D eigenvalue weighted by atomic mass is 9.97. The molecule has 0 saturated heterocycles. The van der Waals surface area contributed by atoms with E-state index in [0.717, 1.165) is 53.5 Å². The quantitative estimate of drug-likeness (QED) is 0.698. The third-order valence-electron chi connectivity index (χ3n) is 3.40. The minimum Gasteiger partial charge on any atom is -0.302 e. The van der Waals surface area contributed by atoms with Crippen LogP contribution in [0.2, 0.25) is 0 Å². The van der Waals surface area contributed by atoms with Gasteiger partial charge in [0, 0.05) is 36.2 Å². The number of benzene rings is 1. The number of carbonyl (C=O) groups is 1. The van der Waals surface area contributed by atoms with Crippen molar-refractivity contribution in [2.45, 2.75) is 13.0 Å². The van der Waals surface area contributed by atoms with Crippen LogP contribution in [0.25, 0.3) is 10.9 Å². The summed E-state index contributed by atoms with van der Waals surface area (Å²) in [6.07, 6.45) is 1.90. The Labute approximate surface area is 100 Å². The normalized spacial score (nSPS) is 15.8. The molecule has 3 rings (SSSR count). The van der Waals surface area contributed by atoms with Crippen LogP contribution in [-0.4, -0.2) is 29.8 Å². The van der Waals surface area contributed by atoms with E-state index in [-0.39, 0.29) is 0 Å². The maximum absolute atomic E-state index is 11.4. The van der Waals surface area contributed by atoms with Crippen molar-refractivity contribution in [2.75, 3.05) is 13.6 Å². The fourth-order valence-electron chi connectivity index (χ4n) is 2.49. The zero-order chi connectivity index (χ0) is 11.8. The first-order valence-corrected chi connectivity index (χ1v) is 5.84. The number of hydrogen-bond donors (Lipinski definition) is 0. The third-order valence-corrected chi connectivity index (χ3v) is 3.40. The van der Waals surface area contributed by atoms with Crippen LogP contribution in [-0.2, 0) is 13.0 Å². The van der Waals surface area contributed by atoms with E-state index in [1.54, 1.807) is 0 Å². The van der Waals surface area contributed by atoms with Crippen molar-refractivity contribution in [2.24, 2.45) is 0 Å². The summed E-state index contributed by atoms with van der Waals surface area (Å²) in [5.74, 6) is 0. The van der Waals surface area contributed by atoms with Crippen LogP contribution in [0.4, 0.5) is 0 Å². The lowest BCUT2D eigenvalue weighted by Gasteiger charge is -2.25. The molecule has 0 amide bonds. The lowest BCUT2D eigenvalue weighted by molar-refractivity contribution is 0.112. The highest BCUT2D eigenvalue weighted by Gasteiger charge is 2.19. The van der Waals surface area contributed by atoms with E-state index in [4.69, 9.17) is 0 Å². The Bertz CT molecular complexity index is 592. The summed E-state index contributed by atoms with van der Waals surface area (Å²) in [6, 6.07) is 7.86. The van der Waals surface area contributed by atoms with Crippen molar-refractivity contribution in [3.8, 4) is 0 Å². The summed E-state index contributed by atoms with van der Waals surface area (Å²) in [5, 5.41) is 0.969. The van der Waals surface area contributed by atoms with Gasteiger partial charge in [0.25, 0.3) is 0 Å². The molecule has 0 fully saturated rings. The molecule has 1 aliphatic heterocycles. The zero-order valence-electron chi connectivity index (χ0n) is 9.81. The van der Waals surface area contributed by atoms with Gasteiger partial charge in [0.15, 0.2) is 6.29 Å². The molecule has 1 aromatic heterocycles. The second kappa shape index (κ2) is 3.93. The van der Waals surface area contributed by atoms with Gasteiger partial charge in [-0.25, -0.2) is 0 Å². The van der Waals surface area contributed by atoms with Gasteiger partial charge in [0.05, 0.1) is 5.52 Å². The molecule has 3 nitrogen and oxygen atoms in total. The van der Waals surface area contributed by atoms with Crippen LogP contribution in [0, 0.1) is 0 Å². The summed E-state index contributed by atoms with van der Waals surface area (Å²) in [5.41, 5.74) is 3.94. The molecule has 1 aliphatic rings. The largest absolute Gasteiger partial charge is 0.302 e. The third kappa shape index (κ3) is 1.63. The molecule has 2 aromatic rings. The molecule has 0 saturated carbocycles. The number of pyridine rings is 1. The average Bonchev–Trinajstić information content (AvgIpc) is 2.36. The molecule has 0 radical (unpaired) electrons. The maximum atomic E-state index is 11.4. The fourth-order valence-corrected chi connectivity index (χ4v) is 2.49. The summed E-state index contributed by atoms with van der Waals surface area (Å²) in [6.45, 7) is 1.83. The molecule has 1 aromatic carbocycles. The zero-order valence-corrected chi connectivity index (χ0v) is 9.81. The second-order valence-electron chi connectivity index (χ2n) is 4.57. The summed E-state index contributed by atoms with van der Waals surface area (Å²) in [7, 11) is 2.08. The number of aromatic nitrogens is 1. The summed E-state index contributed by atoms with van der Waals surface area (Å²) >= 11 is 0. The molecule has 17 heavy (non-hydrogen) atoms. The maximum Gasteiger partial charge on any atom is 0.151 e. The van der Waals surface area contributed by atoms with E-state index in [9.17, 15) is 4.79 Å². The molecule has 0 bridgehead atoms. The van der Waals surface area contributed by atoms with Gasteiger partial charge in [-0.15, -0.1) is 0 Å². The van der Waals surface area contributed by atoms with Crippen LogP contribution >= 0.6 is 0 Å². The van der Waals surface area contributed by atoms with Gasteiger partial charge < -0.3 is 4.90 Å². The Morgan fingerprint density at radius 3 is 3.00 bits per heavy atom. The van der Waals surface area contributed by atoms with Crippen molar-refractivity contribution < 1.29 is 4.79 Å². The Morgan fingerprint density at radius 2 is 2.18 bits per heavy atom. The highest BCUT2D eigenvalue weighted by atomic mass is 16.1. The molecular formula is C14H14N2O. The van der Waals surface area contributed by atoms with Crippen LogP contribution in [0.3, 0.4) is 0 Å². The lowest BCUT2D eigenvalue weighted by Crippen LogP contribution is -2.28. The first-order chi connectivity index (χ1) is 8.29. The monoisotopic (exact) mass is 226 g/mol. The average molecular weight is 226 g/mol. The Morgan fingerprint density at radius 1 is 1.35 bits per heavy atom. The number of nitrogens with zero attached hydrogens (tertiary/aromatic N) is 2. The molecule has 0 atom stereocenters. The summed E-state index contributed by atoms with van der Waals surface area (Å²) < 4.78 is 0. The number of likely N-dealkylation sites (N-methyl/N-ethyl adjacent to an activating group) is 1.